The van der Waals surface area contributed by atoms with Crippen LogP contribution in [0.25, 0.3) is 0 Å². The van der Waals surface area contributed by atoms with E-state index in [4.69, 9.17) is 5.73 Å². The van der Waals surface area contributed by atoms with Gasteiger partial charge in [-0.25, -0.2) is 9.37 Å². The fourth-order valence-electron chi connectivity index (χ4n) is 1.14. The van der Waals surface area contributed by atoms with Gasteiger partial charge in [-0.15, -0.1) is 0 Å². The molecular formula is C10H7BrFN3OS. The standard InChI is InChI=1S/C10H7BrFN3OS/c11-5-3-8(7(13)4-6(5)12)17-10-14-2-1-9(16)15-10/h1-4H,13H2,(H,14,15,16). The highest BCUT2D eigenvalue weighted by molar-refractivity contribution is 9.10. The van der Waals surface area contributed by atoms with E-state index in [1.54, 1.807) is 6.07 Å². The Kier molecular flexibility index (Phi) is 3.49. The minimum atomic E-state index is -0.429. The van der Waals surface area contributed by atoms with Crippen LogP contribution in [0.1, 0.15) is 0 Å². The highest BCUT2D eigenvalue weighted by Gasteiger charge is 2.08. The van der Waals surface area contributed by atoms with Crippen LogP contribution in [0.5, 0.6) is 0 Å². The molecule has 1 heterocycles. The maximum atomic E-state index is 13.2. The second-order valence-corrected chi connectivity index (χ2v) is 5.03. The van der Waals surface area contributed by atoms with Crippen LogP contribution < -0.4 is 11.3 Å². The van der Waals surface area contributed by atoms with Gasteiger partial charge in [0.05, 0.1) is 4.47 Å². The molecule has 2 aromatic rings. The number of nitrogens with two attached hydrogens (primary N) is 1. The van der Waals surface area contributed by atoms with Crippen LogP contribution in [0.3, 0.4) is 0 Å². The molecule has 1 aromatic heterocycles. The van der Waals surface area contributed by atoms with Gasteiger partial charge >= 0.3 is 0 Å². The van der Waals surface area contributed by atoms with Crippen LogP contribution in [0.2, 0.25) is 0 Å². The Hall–Kier alpha value is -1.34. The average molecular weight is 316 g/mol. The predicted molar refractivity (Wildman–Crippen MR) is 67.5 cm³/mol. The predicted octanol–water partition coefficient (Wildman–Crippen LogP) is 2.40. The fraction of sp³-hybridized carbons (Fsp3) is 0. The molecule has 1 aromatic carbocycles. The van der Waals surface area contributed by atoms with Crippen molar-refractivity contribution in [2.45, 2.75) is 10.1 Å². The van der Waals surface area contributed by atoms with Crippen LogP contribution in [0.15, 0.2) is 43.7 Å². The normalized spacial score (nSPS) is 10.5. The van der Waals surface area contributed by atoms with Gasteiger partial charge in [0.15, 0.2) is 5.16 Å². The number of nitrogens with zero attached hydrogens (tertiary/aromatic N) is 1. The first-order valence-electron chi connectivity index (χ1n) is 4.54. The zero-order valence-electron chi connectivity index (χ0n) is 8.41. The number of benzene rings is 1. The fourth-order valence-corrected chi connectivity index (χ4v) is 2.46. The molecule has 0 unspecified atom stereocenters. The van der Waals surface area contributed by atoms with Gasteiger partial charge < -0.3 is 10.7 Å². The maximum Gasteiger partial charge on any atom is 0.251 e. The molecule has 0 bridgehead atoms. The lowest BCUT2D eigenvalue weighted by atomic mass is 10.3. The molecule has 17 heavy (non-hydrogen) atoms. The largest absolute Gasteiger partial charge is 0.398 e. The van der Waals surface area contributed by atoms with Crippen molar-refractivity contribution in [2.24, 2.45) is 0 Å². The first-order chi connectivity index (χ1) is 8.06. The molecule has 0 saturated carbocycles. The number of anilines is 1. The Bertz CT molecular complexity index is 617. The molecule has 0 aliphatic carbocycles. The summed E-state index contributed by atoms with van der Waals surface area (Å²) >= 11 is 4.23. The van der Waals surface area contributed by atoms with Gasteiger partial charge in [0.2, 0.25) is 0 Å². The number of H-pyrrole nitrogens is 1. The van der Waals surface area contributed by atoms with E-state index in [0.717, 1.165) is 11.8 Å². The smallest absolute Gasteiger partial charge is 0.251 e. The lowest BCUT2D eigenvalue weighted by Gasteiger charge is -2.05. The number of rotatable bonds is 2. The van der Waals surface area contributed by atoms with E-state index in [2.05, 4.69) is 25.9 Å². The average Bonchev–Trinajstić information content (AvgIpc) is 2.26. The van der Waals surface area contributed by atoms with Crippen molar-refractivity contribution >= 4 is 33.4 Å². The number of hydrogen-bond donors (Lipinski definition) is 2. The van der Waals surface area contributed by atoms with E-state index in [0.29, 0.717) is 20.2 Å². The molecular weight excluding hydrogens is 309 g/mol. The third kappa shape index (κ3) is 2.86. The van der Waals surface area contributed by atoms with E-state index >= 15 is 0 Å². The number of aromatic amines is 1. The van der Waals surface area contributed by atoms with Crippen LogP contribution in [0, 0.1) is 5.82 Å². The maximum absolute atomic E-state index is 13.2. The summed E-state index contributed by atoms with van der Waals surface area (Å²) in [5.41, 5.74) is 5.72. The van der Waals surface area contributed by atoms with Gasteiger partial charge in [0.25, 0.3) is 5.56 Å². The summed E-state index contributed by atoms with van der Waals surface area (Å²) < 4.78 is 13.5. The Labute approximate surface area is 109 Å². The molecule has 0 spiro atoms. The van der Waals surface area contributed by atoms with Gasteiger partial charge in [-0.1, -0.05) is 0 Å². The summed E-state index contributed by atoms with van der Waals surface area (Å²) in [5, 5.41) is 0.405. The minimum absolute atomic E-state index is 0.248. The molecule has 3 N–H and O–H groups in total. The van der Waals surface area contributed by atoms with Gasteiger partial charge in [-0.3, -0.25) is 4.79 Å². The van der Waals surface area contributed by atoms with Crippen LogP contribution in [-0.4, -0.2) is 9.97 Å². The van der Waals surface area contributed by atoms with Gasteiger partial charge in [-0.2, -0.15) is 0 Å². The quantitative estimate of drug-likeness (QED) is 0.659. The second kappa shape index (κ2) is 4.89. The van der Waals surface area contributed by atoms with Crippen molar-refractivity contribution in [3.63, 3.8) is 0 Å². The molecule has 0 fully saturated rings. The van der Waals surface area contributed by atoms with Crippen molar-refractivity contribution in [1.82, 2.24) is 9.97 Å². The van der Waals surface area contributed by atoms with Crippen molar-refractivity contribution in [1.29, 1.82) is 0 Å². The third-order valence-corrected chi connectivity index (χ3v) is 3.49. The number of aromatic nitrogens is 2. The van der Waals surface area contributed by atoms with Crippen LogP contribution in [0.4, 0.5) is 10.1 Å². The Morgan fingerprint density at radius 1 is 1.47 bits per heavy atom. The molecule has 2 rings (SSSR count). The number of hydrogen-bond acceptors (Lipinski definition) is 4. The summed E-state index contributed by atoms with van der Waals surface area (Å²) in [4.78, 5) is 18.2. The molecule has 0 aliphatic heterocycles. The zero-order chi connectivity index (χ0) is 12.4. The first kappa shape index (κ1) is 12.1. The Balaban J connectivity index is 2.36. The van der Waals surface area contributed by atoms with E-state index in [9.17, 15) is 9.18 Å². The topological polar surface area (TPSA) is 71.8 Å². The van der Waals surface area contributed by atoms with Crippen molar-refractivity contribution in [2.75, 3.05) is 5.73 Å². The van der Waals surface area contributed by atoms with Crippen molar-refractivity contribution in [3.05, 3.63) is 45.0 Å². The molecule has 7 heteroatoms. The summed E-state index contributed by atoms with van der Waals surface area (Å²) in [6.07, 6.45) is 1.40. The molecule has 0 saturated heterocycles. The Morgan fingerprint density at radius 3 is 2.94 bits per heavy atom. The zero-order valence-corrected chi connectivity index (χ0v) is 10.8. The second-order valence-electron chi connectivity index (χ2n) is 3.15. The number of nitrogen functional groups attached to an aromatic ring is 1. The first-order valence-corrected chi connectivity index (χ1v) is 6.15. The Morgan fingerprint density at radius 2 is 2.24 bits per heavy atom. The number of nitrogens with one attached hydrogen (secondary N) is 1. The summed E-state index contributed by atoms with van der Waals surface area (Å²) in [6, 6.07) is 4.07. The van der Waals surface area contributed by atoms with Gasteiger partial charge in [0, 0.05) is 22.8 Å². The highest BCUT2D eigenvalue weighted by atomic mass is 79.9. The van der Waals surface area contributed by atoms with Gasteiger partial charge in [0.1, 0.15) is 5.82 Å². The van der Waals surface area contributed by atoms with E-state index < -0.39 is 5.82 Å². The molecule has 0 aliphatic rings. The third-order valence-electron chi connectivity index (χ3n) is 1.91. The monoisotopic (exact) mass is 315 g/mol. The van der Waals surface area contributed by atoms with Crippen LogP contribution >= 0.6 is 27.7 Å². The summed E-state index contributed by atoms with van der Waals surface area (Å²) in [6.45, 7) is 0. The molecule has 4 nitrogen and oxygen atoms in total. The molecule has 0 atom stereocenters. The van der Waals surface area contributed by atoms with Crippen LogP contribution in [-0.2, 0) is 0 Å². The summed E-state index contributed by atoms with van der Waals surface area (Å²) in [5.74, 6) is -0.429. The molecule has 0 radical (unpaired) electrons. The van der Waals surface area contributed by atoms with E-state index in [1.807, 2.05) is 0 Å². The molecule has 0 amide bonds. The SMILES string of the molecule is Nc1cc(F)c(Br)cc1Sc1nccc(=O)[nH]1. The number of halogens is 2. The van der Waals surface area contributed by atoms with E-state index in [1.165, 1.54) is 18.3 Å². The van der Waals surface area contributed by atoms with E-state index in [-0.39, 0.29) is 5.56 Å². The van der Waals surface area contributed by atoms with Gasteiger partial charge in [-0.05, 0) is 39.8 Å². The lowest BCUT2D eigenvalue weighted by molar-refractivity contribution is 0.620. The summed E-state index contributed by atoms with van der Waals surface area (Å²) in [7, 11) is 0. The highest BCUT2D eigenvalue weighted by Crippen LogP contribution is 2.33. The minimum Gasteiger partial charge on any atom is -0.398 e. The van der Waals surface area contributed by atoms with Crippen molar-refractivity contribution < 1.29 is 4.39 Å². The molecule has 88 valence electrons. The van der Waals surface area contributed by atoms with Crippen molar-refractivity contribution in [3.8, 4) is 0 Å². The lowest BCUT2D eigenvalue weighted by Crippen LogP contribution is -2.05.